The Morgan fingerprint density at radius 3 is 2.65 bits per heavy atom. The SMILES string of the molecule is O=S(=O)(c1ccc(C2CCCNC2)cc1Cl)C1COC1. The van der Waals surface area contributed by atoms with Crippen LogP contribution < -0.4 is 5.32 Å². The molecule has 1 aromatic carbocycles. The minimum atomic E-state index is -3.35. The summed E-state index contributed by atoms with van der Waals surface area (Å²) in [6, 6.07) is 5.36. The number of hydrogen-bond acceptors (Lipinski definition) is 4. The largest absolute Gasteiger partial charge is 0.379 e. The van der Waals surface area contributed by atoms with Gasteiger partial charge in [-0.2, -0.15) is 0 Å². The van der Waals surface area contributed by atoms with Crippen LogP contribution in [0.4, 0.5) is 0 Å². The van der Waals surface area contributed by atoms with Gasteiger partial charge in [-0.15, -0.1) is 0 Å². The maximum Gasteiger partial charge on any atom is 0.187 e. The molecular weight excluding hydrogens is 298 g/mol. The van der Waals surface area contributed by atoms with Crippen molar-refractivity contribution in [3.05, 3.63) is 28.8 Å². The molecule has 2 fully saturated rings. The minimum absolute atomic E-state index is 0.236. The fourth-order valence-corrected chi connectivity index (χ4v) is 4.72. The quantitative estimate of drug-likeness (QED) is 0.926. The Morgan fingerprint density at radius 1 is 1.30 bits per heavy atom. The van der Waals surface area contributed by atoms with E-state index in [-0.39, 0.29) is 18.1 Å². The molecule has 0 aromatic heterocycles. The van der Waals surface area contributed by atoms with Crippen LogP contribution in [0.25, 0.3) is 0 Å². The average Bonchev–Trinajstić information content (AvgIpc) is 2.36. The number of hydrogen-bond donors (Lipinski definition) is 1. The Kier molecular flexibility index (Phi) is 4.04. The first kappa shape index (κ1) is 14.3. The van der Waals surface area contributed by atoms with E-state index in [0.29, 0.717) is 10.9 Å². The third-order valence-electron chi connectivity index (χ3n) is 4.08. The number of ether oxygens (including phenoxy) is 1. The smallest absolute Gasteiger partial charge is 0.187 e. The number of halogens is 1. The molecule has 0 spiro atoms. The van der Waals surface area contributed by atoms with Crippen LogP contribution >= 0.6 is 11.6 Å². The van der Waals surface area contributed by atoms with Crippen LogP contribution in [0, 0.1) is 0 Å². The highest BCUT2D eigenvalue weighted by atomic mass is 35.5. The molecule has 6 heteroatoms. The van der Waals surface area contributed by atoms with Gasteiger partial charge in [0.05, 0.1) is 23.1 Å². The summed E-state index contributed by atoms with van der Waals surface area (Å²) in [4.78, 5) is 0.236. The van der Waals surface area contributed by atoms with Gasteiger partial charge in [-0.3, -0.25) is 0 Å². The summed E-state index contributed by atoms with van der Waals surface area (Å²) in [7, 11) is -3.35. The molecule has 0 saturated carbocycles. The molecule has 3 rings (SSSR count). The number of benzene rings is 1. The lowest BCUT2D eigenvalue weighted by molar-refractivity contribution is 0.0416. The fraction of sp³-hybridized carbons (Fsp3) is 0.571. The molecule has 2 saturated heterocycles. The number of sulfone groups is 1. The van der Waals surface area contributed by atoms with Crippen LogP contribution in [0.3, 0.4) is 0 Å². The van der Waals surface area contributed by atoms with Crippen molar-refractivity contribution < 1.29 is 13.2 Å². The van der Waals surface area contributed by atoms with Crippen LogP contribution in [0.2, 0.25) is 5.02 Å². The van der Waals surface area contributed by atoms with E-state index in [2.05, 4.69) is 5.32 Å². The lowest BCUT2D eigenvalue weighted by atomic mass is 9.92. The van der Waals surface area contributed by atoms with Gasteiger partial charge >= 0.3 is 0 Å². The van der Waals surface area contributed by atoms with E-state index in [1.807, 2.05) is 12.1 Å². The van der Waals surface area contributed by atoms with Gasteiger partial charge in [-0.1, -0.05) is 17.7 Å². The standard InChI is InChI=1S/C14H18ClNO3S/c15-13-6-10(11-2-1-5-16-7-11)3-4-14(13)20(17,18)12-8-19-9-12/h3-4,6,11-12,16H,1-2,5,7-9H2. The van der Waals surface area contributed by atoms with E-state index in [0.717, 1.165) is 31.5 Å². The molecule has 1 atom stereocenters. The Bertz CT molecular complexity index is 592. The Hall–Kier alpha value is -0.620. The van der Waals surface area contributed by atoms with Crippen molar-refractivity contribution >= 4 is 21.4 Å². The van der Waals surface area contributed by atoms with Crippen LogP contribution in [0.1, 0.15) is 24.3 Å². The fourth-order valence-electron chi connectivity index (χ4n) is 2.71. The normalized spacial score (nSPS) is 24.4. The zero-order chi connectivity index (χ0) is 14.2. The molecule has 0 radical (unpaired) electrons. The topological polar surface area (TPSA) is 55.4 Å². The summed E-state index contributed by atoms with van der Waals surface area (Å²) in [5, 5.41) is 3.25. The first-order valence-corrected chi connectivity index (χ1v) is 8.83. The van der Waals surface area contributed by atoms with Crippen molar-refractivity contribution in [1.29, 1.82) is 0 Å². The third-order valence-corrected chi connectivity index (χ3v) is 6.62. The summed E-state index contributed by atoms with van der Waals surface area (Å²) in [6.45, 7) is 2.52. The molecule has 1 N–H and O–H groups in total. The van der Waals surface area contributed by atoms with E-state index >= 15 is 0 Å². The third kappa shape index (κ3) is 2.60. The van der Waals surface area contributed by atoms with E-state index < -0.39 is 15.1 Å². The van der Waals surface area contributed by atoms with Crippen LogP contribution in [-0.2, 0) is 14.6 Å². The van der Waals surface area contributed by atoms with E-state index in [4.69, 9.17) is 16.3 Å². The van der Waals surface area contributed by atoms with Crippen LogP contribution in [0.15, 0.2) is 23.1 Å². The van der Waals surface area contributed by atoms with Gasteiger partial charge in [0.2, 0.25) is 0 Å². The highest BCUT2D eigenvalue weighted by Gasteiger charge is 2.35. The van der Waals surface area contributed by atoms with Gasteiger partial charge in [-0.25, -0.2) is 8.42 Å². The van der Waals surface area contributed by atoms with Crippen LogP contribution in [0.5, 0.6) is 0 Å². The van der Waals surface area contributed by atoms with Gasteiger partial charge in [-0.05, 0) is 43.0 Å². The molecule has 1 aromatic rings. The molecule has 0 bridgehead atoms. The lowest BCUT2D eigenvalue weighted by Crippen LogP contribution is -2.40. The maximum absolute atomic E-state index is 12.3. The molecule has 2 heterocycles. The second-order valence-electron chi connectivity index (χ2n) is 5.44. The lowest BCUT2D eigenvalue weighted by Gasteiger charge is -2.27. The van der Waals surface area contributed by atoms with Gasteiger partial charge in [0.15, 0.2) is 9.84 Å². The molecule has 1 unspecified atom stereocenters. The molecule has 2 aliphatic rings. The summed E-state index contributed by atoms with van der Waals surface area (Å²) in [5.41, 5.74) is 1.12. The molecule has 2 aliphatic heterocycles. The first-order valence-electron chi connectivity index (χ1n) is 6.91. The Morgan fingerprint density at radius 2 is 2.10 bits per heavy atom. The number of rotatable bonds is 3. The minimum Gasteiger partial charge on any atom is -0.379 e. The van der Waals surface area contributed by atoms with Crippen molar-refractivity contribution in [1.82, 2.24) is 5.32 Å². The van der Waals surface area contributed by atoms with Crippen molar-refractivity contribution in [3.63, 3.8) is 0 Å². The number of nitrogens with one attached hydrogen (secondary N) is 1. The zero-order valence-corrected chi connectivity index (χ0v) is 12.7. The molecule has 0 aliphatic carbocycles. The first-order chi connectivity index (χ1) is 9.59. The predicted octanol–water partition coefficient (Wildman–Crippen LogP) is 1.98. The van der Waals surface area contributed by atoms with Gasteiger partial charge in [0.1, 0.15) is 5.25 Å². The Labute approximate surface area is 124 Å². The predicted molar refractivity (Wildman–Crippen MR) is 78.1 cm³/mol. The molecule has 4 nitrogen and oxygen atoms in total. The highest BCUT2D eigenvalue weighted by molar-refractivity contribution is 7.92. The van der Waals surface area contributed by atoms with Crippen LogP contribution in [-0.4, -0.2) is 40.0 Å². The zero-order valence-electron chi connectivity index (χ0n) is 11.1. The molecule has 0 amide bonds. The molecule has 20 heavy (non-hydrogen) atoms. The summed E-state index contributed by atoms with van der Waals surface area (Å²) < 4.78 is 29.7. The number of piperidine rings is 1. The maximum atomic E-state index is 12.3. The molecule has 110 valence electrons. The van der Waals surface area contributed by atoms with Crippen molar-refractivity contribution in [3.8, 4) is 0 Å². The summed E-state index contributed by atoms with van der Waals surface area (Å²) >= 11 is 6.22. The van der Waals surface area contributed by atoms with E-state index in [9.17, 15) is 8.42 Å². The van der Waals surface area contributed by atoms with Gasteiger partial charge in [0.25, 0.3) is 0 Å². The van der Waals surface area contributed by atoms with E-state index in [1.54, 1.807) is 6.07 Å². The highest BCUT2D eigenvalue weighted by Crippen LogP contribution is 2.32. The van der Waals surface area contributed by atoms with Gasteiger partial charge < -0.3 is 10.1 Å². The average molecular weight is 316 g/mol. The summed E-state index contributed by atoms with van der Waals surface area (Å²) in [5.74, 6) is 0.421. The monoisotopic (exact) mass is 315 g/mol. The van der Waals surface area contributed by atoms with E-state index in [1.165, 1.54) is 0 Å². The second kappa shape index (κ2) is 5.64. The second-order valence-corrected chi connectivity index (χ2v) is 8.04. The van der Waals surface area contributed by atoms with Crippen molar-refractivity contribution in [2.75, 3.05) is 26.3 Å². The van der Waals surface area contributed by atoms with Crippen molar-refractivity contribution in [2.45, 2.75) is 28.9 Å². The Balaban J connectivity index is 1.87. The molecular formula is C14H18ClNO3S. The van der Waals surface area contributed by atoms with Crippen molar-refractivity contribution in [2.24, 2.45) is 0 Å². The summed E-state index contributed by atoms with van der Waals surface area (Å²) in [6.07, 6.45) is 2.26. The van der Waals surface area contributed by atoms with Gasteiger partial charge in [0, 0.05) is 6.54 Å².